The fraction of sp³-hybridized carbons (Fsp3) is 1.00. The molecule has 2 heterocycles. The van der Waals surface area contributed by atoms with Crippen LogP contribution in [0, 0.1) is 5.92 Å². The Morgan fingerprint density at radius 1 is 1.00 bits per heavy atom. The number of rotatable bonds is 6. The van der Waals surface area contributed by atoms with E-state index in [1.54, 1.807) is 4.31 Å². The van der Waals surface area contributed by atoms with E-state index in [0.29, 0.717) is 24.9 Å². The summed E-state index contributed by atoms with van der Waals surface area (Å²) in [4.78, 5) is 4.77. The van der Waals surface area contributed by atoms with Crippen LogP contribution in [0.1, 0.15) is 40.0 Å². The van der Waals surface area contributed by atoms with Gasteiger partial charge in [0.1, 0.15) is 0 Å². The van der Waals surface area contributed by atoms with E-state index in [1.165, 1.54) is 12.8 Å². The average molecular weight is 332 g/mol. The highest BCUT2D eigenvalue weighted by molar-refractivity contribution is 7.89. The molecular weight excluding hydrogens is 298 g/mol. The summed E-state index contributed by atoms with van der Waals surface area (Å²) in [5.74, 6) is 1.14. The molecule has 0 N–H and O–H groups in total. The van der Waals surface area contributed by atoms with E-state index in [2.05, 4.69) is 30.6 Å². The maximum Gasteiger partial charge on any atom is 0.214 e. The van der Waals surface area contributed by atoms with Crippen molar-refractivity contribution in [3.05, 3.63) is 0 Å². The number of piperidine rings is 1. The highest BCUT2D eigenvalue weighted by Gasteiger charge is 2.27. The Morgan fingerprint density at radius 2 is 1.59 bits per heavy atom. The van der Waals surface area contributed by atoms with Gasteiger partial charge in [-0.25, -0.2) is 8.42 Å². The monoisotopic (exact) mass is 331 g/mol. The molecule has 0 atom stereocenters. The molecule has 0 aromatic rings. The molecule has 2 aliphatic rings. The van der Waals surface area contributed by atoms with Crippen LogP contribution < -0.4 is 0 Å². The first-order chi connectivity index (χ1) is 10.4. The second-order valence-electron chi connectivity index (χ2n) is 7.22. The lowest BCUT2D eigenvalue weighted by Gasteiger charge is -2.36. The number of likely N-dealkylation sites (tertiary alicyclic amines) is 1. The molecule has 2 fully saturated rings. The van der Waals surface area contributed by atoms with Crippen molar-refractivity contribution in [2.24, 2.45) is 5.92 Å². The van der Waals surface area contributed by atoms with Crippen LogP contribution in [0.4, 0.5) is 0 Å². The quantitative estimate of drug-likeness (QED) is 0.739. The molecule has 0 bridgehead atoms. The molecule has 0 radical (unpaired) electrons. The van der Waals surface area contributed by atoms with Gasteiger partial charge in [0.2, 0.25) is 10.0 Å². The lowest BCUT2D eigenvalue weighted by molar-refractivity contribution is 0.154. The van der Waals surface area contributed by atoms with Crippen molar-refractivity contribution in [1.82, 2.24) is 14.1 Å². The fourth-order valence-electron chi connectivity index (χ4n) is 3.38. The normalized spacial score (nSPS) is 24.2. The molecular formula is C16H33N3O2S. The van der Waals surface area contributed by atoms with Crippen LogP contribution in [-0.4, -0.2) is 80.1 Å². The zero-order valence-electron chi connectivity index (χ0n) is 14.5. The summed E-state index contributed by atoms with van der Waals surface area (Å²) in [6, 6.07) is 0.506. The zero-order chi connectivity index (χ0) is 16.2. The van der Waals surface area contributed by atoms with Crippen LogP contribution in [0.5, 0.6) is 0 Å². The molecule has 2 aliphatic heterocycles. The first-order valence-electron chi connectivity index (χ1n) is 8.82. The molecule has 0 amide bonds. The smallest absolute Gasteiger partial charge is 0.214 e. The zero-order valence-corrected chi connectivity index (χ0v) is 15.3. The van der Waals surface area contributed by atoms with Gasteiger partial charge >= 0.3 is 0 Å². The Labute approximate surface area is 136 Å². The molecule has 130 valence electrons. The highest BCUT2D eigenvalue weighted by Crippen LogP contribution is 2.16. The second-order valence-corrected chi connectivity index (χ2v) is 9.31. The minimum absolute atomic E-state index is 0.306. The predicted molar refractivity (Wildman–Crippen MR) is 91.5 cm³/mol. The van der Waals surface area contributed by atoms with Crippen LogP contribution in [0.2, 0.25) is 0 Å². The van der Waals surface area contributed by atoms with Gasteiger partial charge in [-0.05, 0) is 58.7 Å². The third-order valence-corrected chi connectivity index (χ3v) is 7.11. The summed E-state index contributed by atoms with van der Waals surface area (Å²) in [5, 5.41) is 0. The molecule has 2 rings (SSSR count). The Hall–Kier alpha value is -0.170. The molecule has 22 heavy (non-hydrogen) atoms. The second kappa shape index (κ2) is 8.08. The first kappa shape index (κ1) is 18.2. The minimum Gasteiger partial charge on any atom is -0.303 e. The van der Waals surface area contributed by atoms with Gasteiger partial charge in [-0.15, -0.1) is 0 Å². The lowest BCUT2D eigenvalue weighted by atomic mass is 9.99. The molecule has 0 aliphatic carbocycles. The van der Waals surface area contributed by atoms with Crippen LogP contribution in [0.15, 0.2) is 0 Å². The third kappa shape index (κ3) is 5.18. The van der Waals surface area contributed by atoms with Gasteiger partial charge in [-0.2, -0.15) is 4.31 Å². The largest absolute Gasteiger partial charge is 0.303 e. The molecule has 2 saturated heterocycles. The number of hydrogen-bond acceptors (Lipinski definition) is 4. The third-order valence-electron chi connectivity index (χ3n) is 5.15. The number of nitrogens with zero attached hydrogens (tertiary/aromatic N) is 3. The minimum atomic E-state index is -3.06. The van der Waals surface area contributed by atoms with E-state index in [4.69, 9.17) is 0 Å². The average Bonchev–Trinajstić information content (AvgIpc) is 2.49. The Morgan fingerprint density at radius 3 is 2.14 bits per heavy atom. The SMILES string of the molecule is CC1CCN(CCCS(=O)(=O)N2CCN(C(C)C)CC2)CC1. The number of sulfonamides is 1. The van der Waals surface area contributed by atoms with Crippen molar-refractivity contribution in [3.8, 4) is 0 Å². The van der Waals surface area contributed by atoms with E-state index in [9.17, 15) is 8.42 Å². The Kier molecular flexibility index (Phi) is 6.68. The van der Waals surface area contributed by atoms with E-state index in [-0.39, 0.29) is 0 Å². The number of hydrogen-bond donors (Lipinski definition) is 0. The molecule has 6 heteroatoms. The van der Waals surface area contributed by atoms with Gasteiger partial charge in [-0.3, -0.25) is 4.90 Å². The standard InChI is InChI=1S/C16H33N3O2S/c1-15(2)18-10-12-19(13-11-18)22(20,21)14-4-7-17-8-5-16(3)6-9-17/h15-16H,4-14H2,1-3H3. The summed E-state index contributed by atoms with van der Waals surface area (Å²) in [6.45, 7) is 12.9. The van der Waals surface area contributed by atoms with Gasteiger partial charge < -0.3 is 4.90 Å². The van der Waals surface area contributed by atoms with Crippen LogP contribution in [-0.2, 0) is 10.0 Å². The lowest BCUT2D eigenvalue weighted by Crippen LogP contribution is -2.51. The van der Waals surface area contributed by atoms with Crippen LogP contribution in [0.3, 0.4) is 0 Å². The maximum absolute atomic E-state index is 12.4. The summed E-state index contributed by atoms with van der Waals surface area (Å²) in [5.41, 5.74) is 0. The van der Waals surface area contributed by atoms with E-state index < -0.39 is 10.0 Å². The van der Waals surface area contributed by atoms with Crippen molar-refractivity contribution >= 4 is 10.0 Å². The van der Waals surface area contributed by atoms with E-state index in [1.807, 2.05) is 0 Å². The van der Waals surface area contributed by atoms with Crippen molar-refractivity contribution in [2.75, 3.05) is 51.6 Å². The van der Waals surface area contributed by atoms with E-state index >= 15 is 0 Å². The van der Waals surface area contributed by atoms with Gasteiger partial charge in [0.15, 0.2) is 0 Å². The fourth-order valence-corrected chi connectivity index (χ4v) is 4.86. The Bertz CT molecular complexity index is 423. The summed E-state index contributed by atoms with van der Waals surface area (Å²) in [6.07, 6.45) is 3.27. The molecule has 0 unspecified atom stereocenters. The number of piperazine rings is 1. The van der Waals surface area contributed by atoms with Gasteiger partial charge in [-0.1, -0.05) is 6.92 Å². The molecule has 0 aromatic heterocycles. The first-order valence-corrected chi connectivity index (χ1v) is 10.4. The van der Waals surface area contributed by atoms with Crippen molar-refractivity contribution in [3.63, 3.8) is 0 Å². The van der Waals surface area contributed by atoms with Gasteiger partial charge in [0.05, 0.1) is 5.75 Å². The highest BCUT2D eigenvalue weighted by atomic mass is 32.2. The summed E-state index contributed by atoms with van der Waals surface area (Å²) >= 11 is 0. The molecule has 0 saturated carbocycles. The van der Waals surface area contributed by atoms with Gasteiger partial charge in [0, 0.05) is 32.2 Å². The maximum atomic E-state index is 12.4. The van der Waals surface area contributed by atoms with Crippen molar-refractivity contribution in [1.29, 1.82) is 0 Å². The Balaban J connectivity index is 1.70. The van der Waals surface area contributed by atoms with E-state index in [0.717, 1.165) is 45.1 Å². The summed E-state index contributed by atoms with van der Waals surface area (Å²) in [7, 11) is -3.06. The summed E-state index contributed by atoms with van der Waals surface area (Å²) < 4.78 is 26.6. The van der Waals surface area contributed by atoms with Crippen LogP contribution in [0.25, 0.3) is 0 Å². The van der Waals surface area contributed by atoms with Crippen LogP contribution >= 0.6 is 0 Å². The van der Waals surface area contributed by atoms with Gasteiger partial charge in [0.25, 0.3) is 0 Å². The molecule has 0 aromatic carbocycles. The topological polar surface area (TPSA) is 43.9 Å². The van der Waals surface area contributed by atoms with Crippen molar-refractivity contribution < 1.29 is 8.42 Å². The predicted octanol–water partition coefficient (Wildman–Crippen LogP) is 1.46. The molecule has 0 spiro atoms. The molecule has 5 nitrogen and oxygen atoms in total. The van der Waals surface area contributed by atoms with Crippen molar-refractivity contribution in [2.45, 2.75) is 46.1 Å².